The Morgan fingerprint density at radius 3 is 2.92 bits per heavy atom. The molecular formula is C9H13NO2. The molecule has 0 heterocycles. The normalized spacial score (nSPS) is 28.0. The average molecular weight is 167 g/mol. The zero-order chi connectivity index (χ0) is 8.97. The van der Waals surface area contributed by atoms with Crippen molar-refractivity contribution in [3.8, 4) is 12.3 Å². The average Bonchev–Trinajstić information content (AvgIpc) is 2.47. The van der Waals surface area contributed by atoms with Crippen LogP contribution in [0.25, 0.3) is 0 Å². The second-order valence-corrected chi connectivity index (χ2v) is 3.01. The van der Waals surface area contributed by atoms with E-state index in [2.05, 4.69) is 5.92 Å². The van der Waals surface area contributed by atoms with E-state index in [0.717, 1.165) is 19.3 Å². The SMILES string of the molecule is C#CCOC(=O)C1CCCC1N. The highest BCUT2D eigenvalue weighted by atomic mass is 16.5. The maximum absolute atomic E-state index is 11.2. The Bertz CT molecular complexity index is 207. The van der Waals surface area contributed by atoms with Crippen LogP contribution >= 0.6 is 0 Å². The number of hydrogen-bond acceptors (Lipinski definition) is 3. The summed E-state index contributed by atoms with van der Waals surface area (Å²) in [4.78, 5) is 11.2. The van der Waals surface area contributed by atoms with E-state index in [1.54, 1.807) is 0 Å². The highest BCUT2D eigenvalue weighted by molar-refractivity contribution is 5.73. The summed E-state index contributed by atoms with van der Waals surface area (Å²) < 4.78 is 4.79. The molecule has 66 valence electrons. The van der Waals surface area contributed by atoms with Gasteiger partial charge in [-0.15, -0.1) is 6.42 Å². The molecule has 2 unspecified atom stereocenters. The first-order valence-electron chi connectivity index (χ1n) is 4.11. The fourth-order valence-corrected chi connectivity index (χ4v) is 1.50. The van der Waals surface area contributed by atoms with Gasteiger partial charge in [0.05, 0.1) is 5.92 Å². The summed E-state index contributed by atoms with van der Waals surface area (Å²) in [5, 5.41) is 0. The lowest BCUT2D eigenvalue weighted by Crippen LogP contribution is -2.31. The molecule has 1 rings (SSSR count). The summed E-state index contributed by atoms with van der Waals surface area (Å²) in [5.41, 5.74) is 5.70. The van der Waals surface area contributed by atoms with E-state index in [1.165, 1.54) is 0 Å². The standard InChI is InChI=1S/C9H13NO2/c1-2-6-12-9(11)7-4-3-5-8(7)10/h1,7-8H,3-6,10H2. The van der Waals surface area contributed by atoms with Gasteiger partial charge in [-0.2, -0.15) is 0 Å². The minimum atomic E-state index is -0.238. The molecule has 0 spiro atoms. The molecule has 0 aliphatic heterocycles. The minimum Gasteiger partial charge on any atom is -0.452 e. The van der Waals surface area contributed by atoms with Gasteiger partial charge in [0.2, 0.25) is 0 Å². The summed E-state index contributed by atoms with van der Waals surface area (Å²) in [6, 6.07) is -0.0322. The van der Waals surface area contributed by atoms with Crippen LogP contribution < -0.4 is 5.73 Å². The third kappa shape index (κ3) is 1.99. The molecular weight excluding hydrogens is 154 g/mol. The number of esters is 1. The zero-order valence-electron chi connectivity index (χ0n) is 6.95. The number of carbonyl (C=O) groups is 1. The second kappa shape index (κ2) is 4.13. The number of ether oxygens (including phenoxy) is 1. The lowest BCUT2D eigenvalue weighted by atomic mass is 10.1. The molecule has 3 heteroatoms. The predicted molar refractivity (Wildman–Crippen MR) is 45.1 cm³/mol. The first-order valence-corrected chi connectivity index (χ1v) is 4.11. The molecule has 1 aliphatic carbocycles. The lowest BCUT2D eigenvalue weighted by molar-refractivity contribution is -0.147. The Morgan fingerprint density at radius 2 is 2.42 bits per heavy atom. The summed E-state index contributed by atoms with van der Waals surface area (Å²) in [6.07, 6.45) is 7.71. The molecule has 0 radical (unpaired) electrons. The van der Waals surface area contributed by atoms with Crippen LogP contribution in [0.1, 0.15) is 19.3 Å². The largest absolute Gasteiger partial charge is 0.452 e. The van der Waals surface area contributed by atoms with Gasteiger partial charge in [0.25, 0.3) is 0 Å². The van der Waals surface area contributed by atoms with Crippen LogP contribution in [0, 0.1) is 18.3 Å². The monoisotopic (exact) mass is 167 g/mol. The summed E-state index contributed by atoms with van der Waals surface area (Å²) in [6.45, 7) is 0.0576. The van der Waals surface area contributed by atoms with Crippen LogP contribution in [-0.2, 0) is 9.53 Å². The fourth-order valence-electron chi connectivity index (χ4n) is 1.50. The Balaban J connectivity index is 2.37. The molecule has 2 N–H and O–H groups in total. The van der Waals surface area contributed by atoms with E-state index in [9.17, 15) is 4.79 Å². The van der Waals surface area contributed by atoms with Crippen molar-refractivity contribution in [3.05, 3.63) is 0 Å². The molecule has 1 saturated carbocycles. The Labute approximate surface area is 72.3 Å². The number of carbonyl (C=O) groups excluding carboxylic acids is 1. The van der Waals surface area contributed by atoms with E-state index in [0.29, 0.717) is 0 Å². The fraction of sp³-hybridized carbons (Fsp3) is 0.667. The minimum absolute atomic E-state index is 0.0322. The van der Waals surface area contributed by atoms with E-state index in [4.69, 9.17) is 16.9 Å². The molecule has 0 aromatic carbocycles. The number of terminal acetylenes is 1. The summed E-state index contributed by atoms with van der Waals surface area (Å²) in [5.74, 6) is 1.89. The number of nitrogens with two attached hydrogens (primary N) is 1. The quantitative estimate of drug-likeness (QED) is 0.475. The van der Waals surface area contributed by atoms with Gasteiger partial charge >= 0.3 is 5.97 Å². The number of hydrogen-bond donors (Lipinski definition) is 1. The molecule has 12 heavy (non-hydrogen) atoms. The van der Waals surface area contributed by atoms with Crippen molar-refractivity contribution in [2.45, 2.75) is 25.3 Å². The Morgan fingerprint density at radius 1 is 1.67 bits per heavy atom. The topological polar surface area (TPSA) is 52.3 Å². The third-order valence-electron chi connectivity index (χ3n) is 2.17. The molecule has 0 bridgehead atoms. The summed E-state index contributed by atoms with van der Waals surface area (Å²) >= 11 is 0. The van der Waals surface area contributed by atoms with Gasteiger partial charge < -0.3 is 10.5 Å². The van der Waals surface area contributed by atoms with Crippen LogP contribution in [0.2, 0.25) is 0 Å². The molecule has 0 saturated heterocycles. The highest BCUT2D eigenvalue weighted by Gasteiger charge is 2.31. The van der Waals surface area contributed by atoms with Gasteiger partial charge in [0, 0.05) is 6.04 Å². The van der Waals surface area contributed by atoms with Crippen LogP contribution in [0.3, 0.4) is 0 Å². The molecule has 3 nitrogen and oxygen atoms in total. The van der Waals surface area contributed by atoms with Gasteiger partial charge in [-0.3, -0.25) is 4.79 Å². The first kappa shape index (κ1) is 9.08. The molecule has 0 amide bonds. The smallest absolute Gasteiger partial charge is 0.311 e. The molecule has 2 atom stereocenters. The third-order valence-corrected chi connectivity index (χ3v) is 2.17. The van der Waals surface area contributed by atoms with Crippen molar-refractivity contribution in [2.24, 2.45) is 11.7 Å². The van der Waals surface area contributed by atoms with E-state index in [1.807, 2.05) is 0 Å². The van der Waals surface area contributed by atoms with Gasteiger partial charge in [0.1, 0.15) is 0 Å². The summed E-state index contributed by atoms with van der Waals surface area (Å²) in [7, 11) is 0. The molecule has 1 aliphatic rings. The van der Waals surface area contributed by atoms with E-state index < -0.39 is 0 Å². The van der Waals surface area contributed by atoms with Crippen LogP contribution in [-0.4, -0.2) is 18.6 Å². The molecule has 1 fully saturated rings. The first-order chi connectivity index (χ1) is 5.75. The van der Waals surface area contributed by atoms with E-state index >= 15 is 0 Å². The maximum atomic E-state index is 11.2. The van der Waals surface area contributed by atoms with Crippen LogP contribution in [0.5, 0.6) is 0 Å². The lowest BCUT2D eigenvalue weighted by Gasteiger charge is -2.12. The van der Waals surface area contributed by atoms with Crippen molar-refractivity contribution in [3.63, 3.8) is 0 Å². The zero-order valence-corrected chi connectivity index (χ0v) is 6.95. The van der Waals surface area contributed by atoms with Crippen molar-refractivity contribution < 1.29 is 9.53 Å². The second-order valence-electron chi connectivity index (χ2n) is 3.01. The van der Waals surface area contributed by atoms with Crippen molar-refractivity contribution in [1.82, 2.24) is 0 Å². The van der Waals surface area contributed by atoms with Crippen molar-refractivity contribution in [2.75, 3.05) is 6.61 Å². The van der Waals surface area contributed by atoms with Crippen molar-refractivity contribution in [1.29, 1.82) is 0 Å². The van der Waals surface area contributed by atoms with Crippen LogP contribution in [0.4, 0.5) is 0 Å². The predicted octanol–water partition coefficient (Wildman–Crippen LogP) is 0.290. The Hall–Kier alpha value is -1.01. The van der Waals surface area contributed by atoms with E-state index in [-0.39, 0.29) is 24.5 Å². The van der Waals surface area contributed by atoms with Crippen molar-refractivity contribution >= 4 is 5.97 Å². The highest BCUT2D eigenvalue weighted by Crippen LogP contribution is 2.24. The van der Waals surface area contributed by atoms with Gasteiger partial charge in [0.15, 0.2) is 6.61 Å². The van der Waals surface area contributed by atoms with Gasteiger partial charge in [-0.1, -0.05) is 12.3 Å². The van der Waals surface area contributed by atoms with Gasteiger partial charge in [-0.05, 0) is 12.8 Å². The van der Waals surface area contributed by atoms with Gasteiger partial charge in [-0.25, -0.2) is 0 Å². The number of rotatable bonds is 2. The maximum Gasteiger partial charge on any atom is 0.311 e. The Kier molecular flexibility index (Phi) is 3.12. The van der Waals surface area contributed by atoms with Crippen LogP contribution in [0.15, 0.2) is 0 Å². The molecule has 0 aromatic heterocycles. The molecule has 0 aromatic rings.